The quantitative estimate of drug-likeness (QED) is 0.627. The Morgan fingerprint density at radius 2 is 1.70 bits per heavy atom. The number of aliphatic hydroxyl groups is 2. The Kier molecular flexibility index (Phi) is 3.33. The van der Waals surface area contributed by atoms with E-state index in [2.05, 4.69) is 0 Å². The molecule has 2 atom stereocenters. The van der Waals surface area contributed by atoms with Gasteiger partial charge in [-0.15, -0.1) is 0 Å². The highest BCUT2D eigenvalue weighted by Gasteiger charge is 2.31. The van der Waals surface area contributed by atoms with Gasteiger partial charge in [0.1, 0.15) is 0 Å². The summed E-state index contributed by atoms with van der Waals surface area (Å²) in [5, 5.41) is 18.6. The van der Waals surface area contributed by atoms with Crippen LogP contribution in [0.1, 0.15) is 34.1 Å². The molecule has 0 aromatic heterocycles. The van der Waals surface area contributed by atoms with E-state index in [-0.39, 0.29) is 5.41 Å². The summed E-state index contributed by atoms with van der Waals surface area (Å²) in [5.41, 5.74) is -0.380. The van der Waals surface area contributed by atoms with Crippen LogP contribution in [-0.2, 0) is 0 Å². The summed E-state index contributed by atoms with van der Waals surface area (Å²) in [6.45, 7) is 7.35. The van der Waals surface area contributed by atoms with Crippen molar-refractivity contribution in [1.82, 2.24) is 0 Å². The molecule has 0 aromatic rings. The van der Waals surface area contributed by atoms with Crippen LogP contribution in [0.4, 0.5) is 0 Å². The van der Waals surface area contributed by atoms with Crippen LogP contribution in [-0.4, -0.2) is 22.4 Å². The summed E-state index contributed by atoms with van der Waals surface area (Å²) in [6.07, 6.45) is -0.173. The van der Waals surface area contributed by atoms with Gasteiger partial charge in [0.2, 0.25) is 0 Å². The Morgan fingerprint density at radius 3 is 1.80 bits per heavy atom. The van der Waals surface area contributed by atoms with Gasteiger partial charge in [0.05, 0.1) is 12.2 Å². The summed E-state index contributed by atoms with van der Waals surface area (Å²) >= 11 is 0. The standard InChI is InChI=1S/C8H18O2/c1-5-7(10)8(3,4)6(2)9/h6-7,9-10H,5H2,1-4H3/t6-,7-/m0/s1. The Labute approximate surface area is 62.9 Å². The Balaban J connectivity index is 4.09. The predicted octanol–water partition coefficient (Wildman–Crippen LogP) is 1.16. The second-order valence-electron chi connectivity index (χ2n) is 3.42. The summed E-state index contributed by atoms with van der Waals surface area (Å²) in [7, 11) is 0. The van der Waals surface area contributed by atoms with Gasteiger partial charge in [0, 0.05) is 5.41 Å². The Morgan fingerprint density at radius 1 is 1.30 bits per heavy atom. The smallest absolute Gasteiger partial charge is 0.0613 e. The Bertz CT molecular complexity index is 97.4. The number of hydrogen-bond acceptors (Lipinski definition) is 2. The summed E-state index contributed by atoms with van der Waals surface area (Å²) in [5.74, 6) is 0. The third-order valence-corrected chi connectivity index (χ3v) is 2.32. The molecule has 0 unspecified atom stereocenters. The molecule has 0 heterocycles. The van der Waals surface area contributed by atoms with Crippen molar-refractivity contribution in [2.75, 3.05) is 0 Å². The molecule has 0 saturated carbocycles. The van der Waals surface area contributed by atoms with E-state index in [1.54, 1.807) is 6.92 Å². The highest BCUT2D eigenvalue weighted by atomic mass is 16.3. The molecule has 2 nitrogen and oxygen atoms in total. The maximum absolute atomic E-state index is 9.40. The molecule has 2 N–H and O–H groups in total. The van der Waals surface area contributed by atoms with Crippen LogP contribution in [0.5, 0.6) is 0 Å². The van der Waals surface area contributed by atoms with Crippen LogP contribution in [0.25, 0.3) is 0 Å². The van der Waals surface area contributed by atoms with E-state index in [0.29, 0.717) is 6.42 Å². The van der Waals surface area contributed by atoms with E-state index in [1.165, 1.54) is 0 Å². The molecule has 0 radical (unpaired) electrons. The lowest BCUT2D eigenvalue weighted by Crippen LogP contribution is -2.38. The number of aliphatic hydroxyl groups excluding tert-OH is 2. The minimum absolute atomic E-state index is 0.380. The molecular formula is C8H18O2. The molecule has 0 fully saturated rings. The minimum atomic E-state index is -0.456. The van der Waals surface area contributed by atoms with E-state index < -0.39 is 12.2 Å². The van der Waals surface area contributed by atoms with Crippen molar-refractivity contribution >= 4 is 0 Å². The zero-order chi connectivity index (χ0) is 8.36. The molecule has 0 aromatic carbocycles. The SMILES string of the molecule is CC[C@H](O)C(C)(C)[C@H](C)O. The number of hydrogen-bond donors (Lipinski definition) is 2. The van der Waals surface area contributed by atoms with Crippen molar-refractivity contribution in [3.8, 4) is 0 Å². The lowest BCUT2D eigenvalue weighted by Gasteiger charge is -2.32. The minimum Gasteiger partial charge on any atom is -0.393 e. The molecule has 0 bridgehead atoms. The van der Waals surface area contributed by atoms with Crippen molar-refractivity contribution < 1.29 is 10.2 Å². The summed E-state index contributed by atoms with van der Waals surface area (Å²) in [4.78, 5) is 0. The fourth-order valence-electron chi connectivity index (χ4n) is 0.805. The molecule has 62 valence electrons. The topological polar surface area (TPSA) is 40.5 Å². The second kappa shape index (κ2) is 3.35. The average molecular weight is 146 g/mol. The van der Waals surface area contributed by atoms with E-state index in [9.17, 15) is 10.2 Å². The fourth-order valence-corrected chi connectivity index (χ4v) is 0.805. The van der Waals surface area contributed by atoms with Gasteiger partial charge >= 0.3 is 0 Å². The number of rotatable bonds is 3. The normalized spacial score (nSPS) is 18.6. The van der Waals surface area contributed by atoms with Gasteiger partial charge < -0.3 is 10.2 Å². The van der Waals surface area contributed by atoms with Crippen LogP contribution < -0.4 is 0 Å². The zero-order valence-corrected chi connectivity index (χ0v) is 7.26. The fraction of sp³-hybridized carbons (Fsp3) is 1.00. The van der Waals surface area contributed by atoms with E-state index in [4.69, 9.17) is 0 Å². The van der Waals surface area contributed by atoms with Gasteiger partial charge in [-0.05, 0) is 13.3 Å². The van der Waals surface area contributed by atoms with Crippen molar-refractivity contribution in [3.05, 3.63) is 0 Å². The van der Waals surface area contributed by atoms with Crippen LogP contribution in [0.3, 0.4) is 0 Å². The molecule has 0 rings (SSSR count). The highest BCUT2D eigenvalue weighted by molar-refractivity contribution is 4.81. The first-order chi connectivity index (χ1) is 4.42. The third-order valence-electron chi connectivity index (χ3n) is 2.32. The zero-order valence-electron chi connectivity index (χ0n) is 7.26. The lowest BCUT2D eigenvalue weighted by atomic mass is 9.80. The van der Waals surface area contributed by atoms with Gasteiger partial charge in [-0.3, -0.25) is 0 Å². The van der Waals surface area contributed by atoms with Gasteiger partial charge in [-0.2, -0.15) is 0 Å². The molecule has 0 saturated heterocycles. The average Bonchev–Trinajstić information content (AvgIpc) is 1.86. The first kappa shape index (κ1) is 9.92. The molecule has 0 spiro atoms. The lowest BCUT2D eigenvalue weighted by molar-refractivity contribution is -0.0397. The molecule has 0 aliphatic rings. The second-order valence-corrected chi connectivity index (χ2v) is 3.42. The van der Waals surface area contributed by atoms with Crippen molar-refractivity contribution in [2.45, 2.75) is 46.3 Å². The Hall–Kier alpha value is -0.0800. The molecule has 2 heteroatoms. The highest BCUT2D eigenvalue weighted by Crippen LogP contribution is 2.26. The molecule has 10 heavy (non-hydrogen) atoms. The monoisotopic (exact) mass is 146 g/mol. The van der Waals surface area contributed by atoms with Gasteiger partial charge in [-0.25, -0.2) is 0 Å². The maximum Gasteiger partial charge on any atom is 0.0613 e. The predicted molar refractivity (Wildman–Crippen MR) is 41.8 cm³/mol. The van der Waals surface area contributed by atoms with E-state index >= 15 is 0 Å². The van der Waals surface area contributed by atoms with Gasteiger partial charge in [-0.1, -0.05) is 20.8 Å². The van der Waals surface area contributed by atoms with Gasteiger partial charge in [0.15, 0.2) is 0 Å². The summed E-state index contributed by atoms with van der Waals surface area (Å²) < 4.78 is 0. The molecule has 0 amide bonds. The van der Waals surface area contributed by atoms with E-state index in [0.717, 1.165) is 0 Å². The first-order valence-electron chi connectivity index (χ1n) is 3.79. The molecular weight excluding hydrogens is 128 g/mol. The van der Waals surface area contributed by atoms with E-state index in [1.807, 2.05) is 20.8 Å². The third kappa shape index (κ3) is 1.96. The molecule has 0 aliphatic heterocycles. The first-order valence-corrected chi connectivity index (χ1v) is 3.79. The van der Waals surface area contributed by atoms with Crippen LogP contribution in [0.15, 0.2) is 0 Å². The van der Waals surface area contributed by atoms with Crippen molar-refractivity contribution in [2.24, 2.45) is 5.41 Å². The largest absolute Gasteiger partial charge is 0.393 e. The summed E-state index contributed by atoms with van der Waals surface area (Å²) in [6, 6.07) is 0. The van der Waals surface area contributed by atoms with Crippen LogP contribution >= 0.6 is 0 Å². The maximum atomic E-state index is 9.40. The van der Waals surface area contributed by atoms with Gasteiger partial charge in [0.25, 0.3) is 0 Å². The van der Waals surface area contributed by atoms with Crippen molar-refractivity contribution in [3.63, 3.8) is 0 Å². The van der Waals surface area contributed by atoms with Crippen LogP contribution in [0, 0.1) is 5.41 Å². The van der Waals surface area contributed by atoms with Crippen LogP contribution in [0.2, 0.25) is 0 Å². The molecule has 0 aliphatic carbocycles. The van der Waals surface area contributed by atoms with Crippen molar-refractivity contribution in [1.29, 1.82) is 0 Å².